The molecule has 6 rings (SSSR count). The minimum atomic E-state index is -0.301. The van der Waals surface area contributed by atoms with Gasteiger partial charge in [0.05, 0.1) is 24.5 Å². The van der Waals surface area contributed by atoms with E-state index in [9.17, 15) is 9.18 Å². The van der Waals surface area contributed by atoms with Crippen LogP contribution in [-0.4, -0.2) is 48.7 Å². The number of aromatic nitrogens is 1. The van der Waals surface area contributed by atoms with Gasteiger partial charge in [0.25, 0.3) is 0 Å². The van der Waals surface area contributed by atoms with Gasteiger partial charge in [0.1, 0.15) is 11.9 Å². The highest BCUT2D eigenvalue weighted by molar-refractivity contribution is 5.98. The molecule has 0 bridgehead atoms. The molecule has 0 aliphatic carbocycles. The van der Waals surface area contributed by atoms with E-state index < -0.39 is 0 Å². The topological polar surface area (TPSA) is 58.8 Å². The highest BCUT2D eigenvalue weighted by atomic mass is 19.1. The van der Waals surface area contributed by atoms with Crippen LogP contribution >= 0.6 is 0 Å². The lowest BCUT2D eigenvalue weighted by Crippen LogP contribution is -2.36. The van der Waals surface area contributed by atoms with Crippen LogP contribution in [0, 0.1) is 5.82 Å². The summed E-state index contributed by atoms with van der Waals surface area (Å²) in [6, 6.07) is 10.9. The van der Waals surface area contributed by atoms with Crippen molar-refractivity contribution in [3.63, 3.8) is 0 Å². The van der Waals surface area contributed by atoms with E-state index in [2.05, 4.69) is 28.3 Å². The monoisotopic (exact) mass is 435 g/mol. The molecule has 1 saturated heterocycles. The first-order valence-electron chi connectivity index (χ1n) is 11.5. The van der Waals surface area contributed by atoms with E-state index in [-0.39, 0.29) is 17.8 Å². The first-order valence-corrected chi connectivity index (χ1v) is 11.5. The van der Waals surface area contributed by atoms with Crippen molar-refractivity contribution in [3.05, 3.63) is 59.0 Å². The van der Waals surface area contributed by atoms with Crippen LogP contribution < -0.4 is 4.90 Å². The second kappa shape index (κ2) is 7.98. The number of fused-ring (bicyclic) bond motifs is 1. The van der Waals surface area contributed by atoms with Crippen LogP contribution in [0.4, 0.5) is 10.1 Å². The number of aryl methyl sites for hydroxylation is 1. The molecule has 6 nitrogen and oxygen atoms in total. The van der Waals surface area contributed by atoms with Crippen LogP contribution in [0.2, 0.25) is 0 Å². The Morgan fingerprint density at radius 2 is 2.03 bits per heavy atom. The molecule has 1 unspecified atom stereocenters. The van der Waals surface area contributed by atoms with Crippen molar-refractivity contribution >= 4 is 22.6 Å². The number of ether oxygens (including phenoxy) is 1. The lowest BCUT2D eigenvalue weighted by Gasteiger charge is -2.31. The molecule has 3 aliphatic rings. The molecule has 1 atom stereocenters. The van der Waals surface area contributed by atoms with Crippen molar-refractivity contribution in [2.45, 2.75) is 37.7 Å². The van der Waals surface area contributed by atoms with E-state index in [1.54, 1.807) is 6.07 Å². The highest BCUT2D eigenvalue weighted by Crippen LogP contribution is 2.42. The minimum absolute atomic E-state index is 0.0357. The van der Waals surface area contributed by atoms with E-state index >= 15 is 0 Å². The Labute approximate surface area is 185 Å². The number of piperidine rings is 1. The summed E-state index contributed by atoms with van der Waals surface area (Å²) in [5, 5.41) is 5.16. The molecule has 2 aromatic carbocycles. The normalized spacial score (nSPS) is 21.5. The number of likely N-dealkylation sites (tertiary alicyclic amines) is 1. The number of benzene rings is 2. The van der Waals surface area contributed by atoms with Crippen LogP contribution in [0.25, 0.3) is 11.0 Å². The van der Waals surface area contributed by atoms with Gasteiger partial charge in [-0.3, -0.25) is 4.79 Å². The molecule has 3 aromatic rings. The van der Waals surface area contributed by atoms with E-state index in [0.717, 1.165) is 61.2 Å². The highest BCUT2D eigenvalue weighted by Gasteiger charge is 2.37. The minimum Gasteiger partial charge on any atom is -0.370 e. The number of nitrogens with zero attached hydrogens (tertiary/aromatic N) is 3. The number of hydrogen-bond donors (Lipinski definition) is 0. The van der Waals surface area contributed by atoms with Crippen LogP contribution in [-0.2, 0) is 16.0 Å². The lowest BCUT2D eigenvalue weighted by molar-refractivity contribution is -0.119. The first kappa shape index (κ1) is 19.9. The number of para-hydroxylation sites is 1. The number of carbonyl (C=O) groups is 1. The van der Waals surface area contributed by atoms with Crippen LogP contribution in [0.5, 0.6) is 0 Å². The van der Waals surface area contributed by atoms with Crippen LogP contribution in [0.15, 0.2) is 40.9 Å². The Hall–Kier alpha value is -2.77. The molecule has 0 saturated carbocycles. The fourth-order valence-corrected chi connectivity index (χ4v) is 5.48. The summed E-state index contributed by atoms with van der Waals surface area (Å²) in [5.74, 6) is 0.242. The second-order valence-corrected chi connectivity index (χ2v) is 9.04. The van der Waals surface area contributed by atoms with Gasteiger partial charge >= 0.3 is 0 Å². The van der Waals surface area contributed by atoms with Gasteiger partial charge < -0.3 is 19.1 Å². The zero-order valence-electron chi connectivity index (χ0n) is 17.9. The average molecular weight is 435 g/mol. The third-order valence-corrected chi connectivity index (χ3v) is 7.19. The Balaban J connectivity index is 1.04. The molecule has 0 N–H and O–H groups in total. The molecule has 0 radical (unpaired) electrons. The molecule has 3 aliphatic heterocycles. The van der Waals surface area contributed by atoms with E-state index in [1.807, 2.05) is 4.90 Å². The predicted molar refractivity (Wildman–Crippen MR) is 118 cm³/mol. The van der Waals surface area contributed by atoms with Crippen molar-refractivity contribution in [1.82, 2.24) is 10.1 Å². The molecule has 166 valence electrons. The van der Waals surface area contributed by atoms with Crippen molar-refractivity contribution < 1.29 is 18.4 Å². The van der Waals surface area contributed by atoms with Gasteiger partial charge in [0, 0.05) is 35.9 Å². The molecule has 4 heterocycles. The molecule has 1 fully saturated rings. The van der Waals surface area contributed by atoms with Gasteiger partial charge in [-0.2, -0.15) is 0 Å². The first-order chi connectivity index (χ1) is 15.7. The van der Waals surface area contributed by atoms with E-state index in [1.165, 1.54) is 17.7 Å². The zero-order valence-corrected chi connectivity index (χ0v) is 17.9. The van der Waals surface area contributed by atoms with Gasteiger partial charge in [-0.25, -0.2) is 4.39 Å². The smallest absolute Gasteiger partial charge is 0.227 e. The Morgan fingerprint density at radius 3 is 2.91 bits per heavy atom. The Morgan fingerprint density at radius 1 is 1.16 bits per heavy atom. The molecule has 7 heteroatoms. The fourth-order valence-electron chi connectivity index (χ4n) is 5.48. The lowest BCUT2D eigenvalue weighted by atomic mass is 9.91. The third-order valence-electron chi connectivity index (χ3n) is 7.19. The van der Waals surface area contributed by atoms with Crippen LogP contribution in [0.3, 0.4) is 0 Å². The quantitative estimate of drug-likeness (QED) is 0.601. The molecular formula is C25H26FN3O3. The summed E-state index contributed by atoms with van der Waals surface area (Å²) < 4.78 is 25.0. The van der Waals surface area contributed by atoms with Gasteiger partial charge in [0.2, 0.25) is 5.91 Å². The molecule has 0 spiro atoms. The standard InChI is InChI=1S/C25H26FN3O3/c26-18-5-6-19-21(14-18)32-27-24(19)16-8-10-28(11-9-16)12-13-31-22-15-29-23(30)7-4-17-2-1-3-20(22)25(17)29/h1-3,5-6,14,16,22H,4,7-13,15H2. The van der Waals surface area contributed by atoms with Gasteiger partial charge in [-0.15, -0.1) is 0 Å². The van der Waals surface area contributed by atoms with E-state index in [4.69, 9.17) is 9.26 Å². The maximum atomic E-state index is 13.4. The van der Waals surface area contributed by atoms with Crippen molar-refractivity contribution in [2.75, 3.05) is 37.7 Å². The number of rotatable bonds is 5. The summed E-state index contributed by atoms with van der Waals surface area (Å²) in [7, 11) is 0. The number of hydrogen-bond acceptors (Lipinski definition) is 5. The van der Waals surface area contributed by atoms with Gasteiger partial charge in [-0.05, 0) is 50.0 Å². The SMILES string of the molecule is O=C1CCc2cccc3c2N1CC3OCCN1CCC(c2noc3cc(F)ccc23)CC1. The zero-order chi connectivity index (χ0) is 21.7. The summed E-state index contributed by atoms with van der Waals surface area (Å²) in [6.07, 6.45) is 3.38. The predicted octanol–water partition coefficient (Wildman–Crippen LogP) is 4.20. The Kier molecular flexibility index (Phi) is 4.96. The fraction of sp³-hybridized carbons (Fsp3) is 0.440. The largest absolute Gasteiger partial charge is 0.370 e. The summed E-state index contributed by atoms with van der Waals surface area (Å²) in [6.45, 7) is 4.09. The Bertz CT molecular complexity index is 1170. The van der Waals surface area contributed by atoms with Gasteiger partial charge in [-0.1, -0.05) is 23.4 Å². The van der Waals surface area contributed by atoms with Crippen molar-refractivity contribution in [2.24, 2.45) is 0 Å². The van der Waals surface area contributed by atoms with Gasteiger partial charge in [0.15, 0.2) is 5.58 Å². The summed E-state index contributed by atoms with van der Waals surface area (Å²) >= 11 is 0. The molecule has 1 amide bonds. The second-order valence-electron chi connectivity index (χ2n) is 9.04. The number of amides is 1. The number of anilines is 1. The third kappa shape index (κ3) is 3.40. The maximum absolute atomic E-state index is 13.4. The molecule has 1 aromatic heterocycles. The molecular weight excluding hydrogens is 409 g/mol. The molecule has 32 heavy (non-hydrogen) atoms. The van der Waals surface area contributed by atoms with E-state index in [0.29, 0.717) is 31.1 Å². The van der Waals surface area contributed by atoms with Crippen molar-refractivity contribution in [3.8, 4) is 0 Å². The number of halogens is 1. The summed E-state index contributed by atoms with van der Waals surface area (Å²) in [5.41, 5.74) is 4.98. The average Bonchev–Trinajstić information content (AvgIpc) is 3.40. The maximum Gasteiger partial charge on any atom is 0.227 e. The van der Waals surface area contributed by atoms with Crippen LogP contribution in [0.1, 0.15) is 48.1 Å². The van der Waals surface area contributed by atoms with Crippen molar-refractivity contribution in [1.29, 1.82) is 0 Å². The summed E-state index contributed by atoms with van der Waals surface area (Å²) in [4.78, 5) is 16.7. The number of carbonyl (C=O) groups excluding carboxylic acids is 1.